The Kier molecular flexibility index (Phi) is 5.62. The van der Waals surface area contributed by atoms with E-state index in [1.807, 2.05) is 19.0 Å². The van der Waals surface area contributed by atoms with Gasteiger partial charge in [-0.3, -0.25) is 14.7 Å². The number of hydrogen-bond acceptors (Lipinski definition) is 8. The average Bonchev–Trinajstić information content (AvgIpc) is 3.15. The van der Waals surface area contributed by atoms with Crippen LogP contribution in [0.25, 0.3) is 0 Å². The molecule has 0 aromatic rings. The van der Waals surface area contributed by atoms with Crippen molar-refractivity contribution in [1.29, 1.82) is 5.41 Å². The Morgan fingerprint density at radius 1 is 1.21 bits per heavy atom. The maximum atomic E-state index is 12.8. The number of urea groups is 1. The van der Waals surface area contributed by atoms with E-state index in [9.17, 15) is 21.6 Å². The lowest BCUT2D eigenvalue weighted by atomic mass is 10.0. The number of nitrogens with zero attached hydrogens (tertiary/aromatic N) is 3. The van der Waals surface area contributed by atoms with Crippen molar-refractivity contribution in [2.45, 2.75) is 55.5 Å². The Hall–Kier alpha value is -1.48. The van der Waals surface area contributed by atoms with Crippen molar-refractivity contribution in [3.8, 4) is 0 Å². The lowest BCUT2D eigenvalue weighted by Gasteiger charge is -2.32. The second kappa shape index (κ2) is 7.40. The van der Waals surface area contributed by atoms with Crippen LogP contribution in [-0.4, -0.2) is 92.1 Å². The summed E-state index contributed by atoms with van der Waals surface area (Å²) in [5, 5.41) is 8.16. The van der Waals surface area contributed by atoms with Crippen LogP contribution in [0.1, 0.15) is 32.1 Å². The van der Waals surface area contributed by atoms with Crippen molar-refractivity contribution >= 4 is 32.3 Å². The van der Waals surface area contributed by atoms with Crippen molar-refractivity contribution in [2.75, 3.05) is 20.6 Å². The highest BCUT2D eigenvalue weighted by molar-refractivity contribution is 7.90. The first-order valence-electron chi connectivity index (χ1n) is 8.94. The maximum absolute atomic E-state index is 12.8. The number of rotatable bonds is 6. The fourth-order valence-corrected chi connectivity index (χ4v) is 6.54. The molecule has 0 aromatic carbocycles. The van der Waals surface area contributed by atoms with E-state index in [4.69, 9.17) is 9.96 Å². The van der Waals surface area contributed by atoms with Gasteiger partial charge in [-0.25, -0.2) is 13.2 Å². The molecule has 0 spiro atoms. The van der Waals surface area contributed by atoms with Crippen molar-refractivity contribution in [3.63, 3.8) is 0 Å². The van der Waals surface area contributed by atoms with E-state index in [-0.39, 0.29) is 24.8 Å². The third-order valence-corrected chi connectivity index (χ3v) is 7.76. The molecule has 1 aliphatic carbocycles. The lowest BCUT2D eigenvalue weighted by molar-refractivity contribution is -0.0316. The van der Waals surface area contributed by atoms with Gasteiger partial charge in [-0.15, -0.1) is 4.28 Å². The molecule has 3 aliphatic rings. The number of hydroxylamine groups is 2. The van der Waals surface area contributed by atoms with Crippen LogP contribution in [-0.2, 0) is 24.7 Å². The summed E-state index contributed by atoms with van der Waals surface area (Å²) in [4.78, 5) is 15.5. The zero-order chi connectivity index (χ0) is 20.9. The number of piperidine rings is 1. The van der Waals surface area contributed by atoms with Crippen LogP contribution in [0.2, 0.25) is 0 Å². The van der Waals surface area contributed by atoms with E-state index in [0.29, 0.717) is 17.9 Å². The first-order valence-corrected chi connectivity index (χ1v) is 11.8. The minimum absolute atomic E-state index is 0.0763. The number of fused-ring (bicyclic) bond motifs is 2. The largest absolute Gasteiger partial charge is 0.418 e. The molecule has 0 radical (unpaired) electrons. The fourth-order valence-electron chi connectivity index (χ4n) is 4.29. The van der Waals surface area contributed by atoms with Gasteiger partial charge < -0.3 is 9.80 Å². The Balaban J connectivity index is 1.71. The summed E-state index contributed by atoms with van der Waals surface area (Å²) in [5.74, 6) is -0.329. The van der Waals surface area contributed by atoms with Gasteiger partial charge in [-0.2, -0.15) is 13.5 Å². The molecule has 2 aliphatic heterocycles. The highest BCUT2D eigenvalue weighted by atomic mass is 32.3. The van der Waals surface area contributed by atoms with Crippen LogP contribution in [0.15, 0.2) is 0 Å². The predicted octanol–water partition coefficient (Wildman–Crippen LogP) is -0.631. The van der Waals surface area contributed by atoms with Crippen LogP contribution in [0.3, 0.4) is 0 Å². The summed E-state index contributed by atoms with van der Waals surface area (Å²) in [6, 6.07) is -2.41. The van der Waals surface area contributed by atoms with Gasteiger partial charge in [0.25, 0.3) is 0 Å². The second-order valence-electron chi connectivity index (χ2n) is 7.57. The molecule has 2 saturated heterocycles. The number of carbonyl (C=O) groups excluding carboxylic acids is 1. The molecule has 2 heterocycles. The van der Waals surface area contributed by atoms with Gasteiger partial charge in [0.05, 0.1) is 17.3 Å². The topological polar surface area (TPSA) is 160 Å². The van der Waals surface area contributed by atoms with E-state index < -0.39 is 43.8 Å². The molecule has 2 amide bonds. The lowest BCUT2D eigenvalue weighted by Crippen LogP contribution is -2.53. The molecule has 3 fully saturated rings. The van der Waals surface area contributed by atoms with Gasteiger partial charge in [-0.05, 0) is 39.8 Å². The first-order chi connectivity index (χ1) is 12.9. The minimum Gasteiger partial charge on any atom is -0.310 e. The van der Waals surface area contributed by atoms with Crippen LogP contribution in [0.5, 0.6) is 0 Å². The molecule has 2 bridgehead atoms. The Morgan fingerprint density at radius 2 is 1.89 bits per heavy atom. The van der Waals surface area contributed by atoms with Crippen LogP contribution >= 0.6 is 0 Å². The number of sulfonamides is 1. The average molecular weight is 440 g/mol. The first kappa shape index (κ1) is 21.2. The maximum Gasteiger partial charge on any atom is 0.418 e. The molecule has 28 heavy (non-hydrogen) atoms. The molecule has 160 valence electrons. The van der Waals surface area contributed by atoms with E-state index in [2.05, 4.69) is 9.01 Å². The molecular weight excluding hydrogens is 414 g/mol. The molecule has 14 heteroatoms. The summed E-state index contributed by atoms with van der Waals surface area (Å²) >= 11 is 0. The van der Waals surface area contributed by atoms with Crippen LogP contribution in [0.4, 0.5) is 4.79 Å². The van der Waals surface area contributed by atoms with Crippen molar-refractivity contribution in [2.24, 2.45) is 0 Å². The molecule has 1 saturated carbocycles. The Labute approximate surface area is 164 Å². The van der Waals surface area contributed by atoms with Gasteiger partial charge in [0.2, 0.25) is 10.0 Å². The van der Waals surface area contributed by atoms with E-state index in [1.165, 1.54) is 4.90 Å². The number of nitrogens with one attached hydrogen (secondary N) is 2. The third kappa shape index (κ3) is 4.10. The van der Waals surface area contributed by atoms with Gasteiger partial charge in [0.15, 0.2) is 0 Å². The molecule has 0 aromatic heterocycles. The third-order valence-electron chi connectivity index (χ3n) is 5.56. The van der Waals surface area contributed by atoms with Gasteiger partial charge >= 0.3 is 16.4 Å². The number of amides is 2. The summed E-state index contributed by atoms with van der Waals surface area (Å²) < 4.78 is 63.0. The second-order valence-corrected chi connectivity index (χ2v) is 10.5. The molecule has 4 atom stereocenters. The molecular formula is C14H25N5O7S2. The van der Waals surface area contributed by atoms with Crippen molar-refractivity contribution in [1.82, 2.24) is 19.6 Å². The van der Waals surface area contributed by atoms with E-state index in [1.54, 1.807) is 0 Å². The predicted molar refractivity (Wildman–Crippen MR) is 98.3 cm³/mol. The van der Waals surface area contributed by atoms with Crippen molar-refractivity contribution < 1.29 is 30.5 Å². The molecule has 2 unspecified atom stereocenters. The van der Waals surface area contributed by atoms with Crippen molar-refractivity contribution in [3.05, 3.63) is 0 Å². The summed E-state index contributed by atoms with van der Waals surface area (Å²) in [6.07, 6.45) is 2.60. The van der Waals surface area contributed by atoms with Crippen LogP contribution < -0.4 is 4.72 Å². The van der Waals surface area contributed by atoms with E-state index in [0.717, 1.165) is 12.8 Å². The Morgan fingerprint density at radius 3 is 2.50 bits per heavy atom. The number of carbonyl (C=O) groups is 1. The van der Waals surface area contributed by atoms with Crippen LogP contribution in [0, 0.1) is 5.41 Å². The minimum atomic E-state index is -4.86. The molecule has 12 nitrogen and oxygen atoms in total. The van der Waals surface area contributed by atoms with E-state index >= 15 is 0 Å². The highest BCUT2D eigenvalue weighted by Crippen LogP contribution is 2.32. The van der Waals surface area contributed by atoms with Gasteiger partial charge in [0.1, 0.15) is 5.84 Å². The number of hydrogen-bond donors (Lipinski definition) is 3. The molecule has 3 rings (SSSR count). The van der Waals surface area contributed by atoms with Gasteiger partial charge in [0, 0.05) is 12.6 Å². The zero-order valence-corrected chi connectivity index (χ0v) is 17.2. The SMILES string of the molecule is CN(C)C1CCCC1S(=O)(=O)NC(=N)[C@@H]1CC[C@@H]2CN1C(=O)N2OS(=O)(=O)O. The summed E-state index contributed by atoms with van der Waals surface area (Å²) in [7, 11) is -5.04. The number of amidine groups is 1. The monoisotopic (exact) mass is 439 g/mol. The smallest absolute Gasteiger partial charge is 0.310 e. The summed E-state index contributed by atoms with van der Waals surface area (Å²) in [5.41, 5.74) is 0. The molecule has 3 N–H and O–H groups in total. The highest BCUT2D eigenvalue weighted by Gasteiger charge is 2.49. The summed E-state index contributed by atoms with van der Waals surface area (Å²) in [6.45, 7) is 0.0763. The Bertz CT molecular complexity index is 859. The fraction of sp³-hybridized carbons (Fsp3) is 0.857. The quantitative estimate of drug-likeness (QED) is 0.280. The van der Waals surface area contributed by atoms with Gasteiger partial charge in [-0.1, -0.05) is 6.42 Å². The standard InChI is InChI=1S/C14H25N5O7S2/c1-17(2)10-4-3-5-12(10)27(21,22)16-13(15)11-7-6-9-8-18(11)14(20)19(9)26-28(23,24)25/h9-12H,3-8H2,1-2H3,(H2,15,16)(H,23,24,25)/t9-,10?,11+,12?/m1/s1. The normalized spacial score (nSPS) is 30.9. The zero-order valence-electron chi connectivity index (χ0n) is 15.6.